The normalized spacial score (nSPS) is 17.7. The molecule has 1 aromatic heterocycles. The summed E-state index contributed by atoms with van der Waals surface area (Å²) >= 11 is 0. The number of ether oxygens (including phenoxy) is 1. The lowest BCUT2D eigenvalue weighted by molar-refractivity contribution is -0.131. The van der Waals surface area contributed by atoms with Crippen LogP contribution in [0.15, 0.2) is 42.5 Å². The number of benzene rings is 2. The molecule has 2 aromatic carbocycles. The number of nitrogens with one attached hydrogen (secondary N) is 1. The molecule has 0 spiro atoms. The summed E-state index contributed by atoms with van der Waals surface area (Å²) in [6.07, 6.45) is 1.09. The molecule has 164 valence electrons. The van der Waals surface area contributed by atoms with Gasteiger partial charge in [0.1, 0.15) is 11.6 Å². The van der Waals surface area contributed by atoms with Crippen molar-refractivity contribution < 1.29 is 22.3 Å². The average molecular weight is 445 g/mol. The molecule has 0 bridgehead atoms. The molecule has 1 fully saturated rings. The van der Waals surface area contributed by atoms with Gasteiger partial charge in [0, 0.05) is 36.1 Å². The van der Waals surface area contributed by atoms with Crippen LogP contribution in [0.5, 0.6) is 5.75 Å². The first kappa shape index (κ1) is 21.4. The predicted molar refractivity (Wildman–Crippen MR) is 118 cm³/mol. The Morgan fingerprint density at radius 3 is 2.61 bits per heavy atom. The maximum atomic E-state index is 14.0. The van der Waals surface area contributed by atoms with E-state index in [1.807, 2.05) is 24.3 Å². The van der Waals surface area contributed by atoms with Gasteiger partial charge in [-0.3, -0.25) is 4.79 Å². The maximum absolute atomic E-state index is 14.0. The lowest BCUT2D eigenvalue weighted by Gasteiger charge is -2.23. The van der Waals surface area contributed by atoms with Crippen molar-refractivity contribution in [3.8, 4) is 17.0 Å². The third-order valence-electron chi connectivity index (χ3n) is 5.99. The minimum absolute atomic E-state index is 0.0185. The van der Waals surface area contributed by atoms with Gasteiger partial charge in [0.05, 0.1) is 18.6 Å². The van der Waals surface area contributed by atoms with Crippen LogP contribution in [0.3, 0.4) is 0 Å². The Kier molecular flexibility index (Phi) is 5.75. The van der Waals surface area contributed by atoms with E-state index in [4.69, 9.17) is 4.74 Å². The summed E-state index contributed by atoms with van der Waals surface area (Å²) in [5, 5.41) is 0.740. The van der Waals surface area contributed by atoms with Crippen LogP contribution in [0.2, 0.25) is 0 Å². The first-order valence-electron chi connectivity index (χ1n) is 10.2. The molecule has 1 aliphatic rings. The highest BCUT2D eigenvalue weighted by atomic mass is 32.2. The smallest absolute Gasteiger partial charge is 0.222 e. The number of amides is 1. The number of nitrogens with zero attached hydrogens (tertiary/aromatic N) is 1. The Hall–Kier alpha value is -2.87. The second-order valence-electron chi connectivity index (χ2n) is 7.96. The van der Waals surface area contributed by atoms with Crippen molar-refractivity contribution in [1.29, 1.82) is 0 Å². The number of aromatic amines is 1. The first-order valence-corrected chi connectivity index (χ1v) is 12.0. The van der Waals surface area contributed by atoms with Crippen molar-refractivity contribution in [3.05, 3.63) is 53.8 Å². The number of aromatic nitrogens is 1. The van der Waals surface area contributed by atoms with Gasteiger partial charge in [0.2, 0.25) is 5.91 Å². The average Bonchev–Trinajstić information content (AvgIpc) is 3.30. The number of H-pyrrole nitrogens is 1. The van der Waals surface area contributed by atoms with Crippen LogP contribution in [0.1, 0.15) is 18.4 Å². The van der Waals surface area contributed by atoms with Crippen LogP contribution >= 0.6 is 0 Å². The van der Waals surface area contributed by atoms with Gasteiger partial charge in [-0.15, -0.1) is 0 Å². The third kappa shape index (κ3) is 4.44. The van der Waals surface area contributed by atoms with Gasteiger partial charge in [0.15, 0.2) is 9.84 Å². The molecule has 1 atom stereocenters. The fourth-order valence-corrected chi connectivity index (χ4v) is 5.95. The van der Waals surface area contributed by atoms with E-state index in [1.165, 1.54) is 12.1 Å². The fraction of sp³-hybridized carbons (Fsp3) is 0.348. The van der Waals surface area contributed by atoms with Crippen LogP contribution in [0.25, 0.3) is 22.2 Å². The lowest BCUT2D eigenvalue weighted by Crippen LogP contribution is -2.37. The summed E-state index contributed by atoms with van der Waals surface area (Å²) in [5.41, 5.74) is 3.41. The molecule has 1 amide bonds. The molecule has 3 aromatic rings. The minimum atomic E-state index is -3.07. The number of halogens is 1. The Labute approximate surface area is 180 Å². The van der Waals surface area contributed by atoms with Crippen molar-refractivity contribution in [1.82, 2.24) is 9.88 Å². The van der Waals surface area contributed by atoms with Crippen molar-refractivity contribution in [2.45, 2.75) is 25.3 Å². The van der Waals surface area contributed by atoms with Crippen LogP contribution in [-0.2, 0) is 21.1 Å². The van der Waals surface area contributed by atoms with E-state index in [0.717, 1.165) is 33.5 Å². The van der Waals surface area contributed by atoms with E-state index in [2.05, 4.69) is 4.98 Å². The molecule has 2 heterocycles. The van der Waals surface area contributed by atoms with Crippen LogP contribution in [0.4, 0.5) is 4.39 Å². The molecule has 6 nitrogen and oxygen atoms in total. The number of carbonyl (C=O) groups is 1. The van der Waals surface area contributed by atoms with E-state index in [0.29, 0.717) is 12.8 Å². The number of methoxy groups -OCH3 is 1. The monoisotopic (exact) mass is 444 g/mol. The summed E-state index contributed by atoms with van der Waals surface area (Å²) in [6.45, 7) is 0. The van der Waals surface area contributed by atoms with Gasteiger partial charge in [0.25, 0.3) is 0 Å². The zero-order valence-corrected chi connectivity index (χ0v) is 18.3. The van der Waals surface area contributed by atoms with E-state index < -0.39 is 9.84 Å². The summed E-state index contributed by atoms with van der Waals surface area (Å²) in [4.78, 5) is 17.7. The predicted octanol–water partition coefficient (Wildman–Crippen LogP) is 3.56. The van der Waals surface area contributed by atoms with E-state index in [-0.39, 0.29) is 35.7 Å². The number of fused-ring (bicyclic) bond motifs is 1. The number of hydrogen-bond donors (Lipinski definition) is 1. The number of carbonyl (C=O) groups excluding carboxylic acids is 1. The van der Waals surface area contributed by atoms with E-state index >= 15 is 0 Å². The minimum Gasteiger partial charge on any atom is -0.497 e. The third-order valence-corrected chi connectivity index (χ3v) is 7.74. The topological polar surface area (TPSA) is 79.5 Å². The SMILES string of the molecule is COc1ccc(-c2[nH]c3ccc(F)cc3c2CCC(=O)N(C)C2CCS(=O)(=O)C2)cc1. The molecule has 0 saturated carbocycles. The fourth-order valence-electron chi connectivity index (χ4n) is 4.18. The zero-order chi connectivity index (χ0) is 22.2. The summed E-state index contributed by atoms with van der Waals surface area (Å²) in [7, 11) is 0.196. The highest BCUT2D eigenvalue weighted by Crippen LogP contribution is 2.33. The number of hydrogen-bond acceptors (Lipinski definition) is 4. The molecule has 4 rings (SSSR count). The van der Waals surface area contributed by atoms with Crippen LogP contribution in [-0.4, -0.2) is 55.9 Å². The number of rotatable bonds is 6. The Morgan fingerprint density at radius 2 is 1.97 bits per heavy atom. The number of sulfone groups is 1. The Balaban J connectivity index is 1.61. The van der Waals surface area contributed by atoms with Crippen LogP contribution in [0, 0.1) is 5.82 Å². The molecule has 1 unspecified atom stereocenters. The molecule has 1 aliphatic heterocycles. The number of aryl methyl sites for hydroxylation is 1. The molecule has 31 heavy (non-hydrogen) atoms. The van der Waals surface area contributed by atoms with Crippen molar-refractivity contribution in [3.63, 3.8) is 0 Å². The van der Waals surface area contributed by atoms with Gasteiger partial charge in [-0.1, -0.05) is 0 Å². The molecular formula is C23H25FN2O4S. The van der Waals surface area contributed by atoms with E-state index in [9.17, 15) is 17.6 Å². The standard InChI is InChI=1S/C23H25FN2O4S/c1-26(17-11-12-31(28,29)14-17)22(27)10-8-19-20-13-16(24)5-9-21(20)25-23(19)15-3-6-18(30-2)7-4-15/h3-7,9,13,17,25H,8,10-12,14H2,1-2H3. The van der Waals surface area contributed by atoms with Crippen molar-refractivity contribution in [2.75, 3.05) is 25.7 Å². The van der Waals surface area contributed by atoms with Crippen molar-refractivity contribution >= 4 is 26.6 Å². The molecule has 0 aliphatic carbocycles. The van der Waals surface area contributed by atoms with Gasteiger partial charge in [-0.25, -0.2) is 12.8 Å². The molecule has 8 heteroatoms. The lowest BCUT2D eigenvalue weighted by atomic mass is 10.0. The largest absolute Gasteiger partial charge is 0.497 e. The zero-order valence-electron chi connectivity index (χ0n) is 17.5. The summed E-state index contributed by atoms with van der Waals surface area (Å²) in [6, 6.07) is 11.8. The first-order chi connectivity index (χ1) is 14.8. The quantitative estimate of drug-likeness (QED) is 0.631. The Bertz CT molecular complexity index is 1220. The highest BCUT2D eigenvalue weighted by Gasteiger charge is 2.32. The molecular weight excluding hydrogens is 419 g/mol. The highest BCUT2D eigenvalue weighted by molar-refractivity contribution is 7.91. The van der Waals surface area contributed by atoms with Crippen molar-refractivity contribution in [2.24, 2.45) is 0 Å². The molecule has 0 radical (unpaired) electrons. The van der Waals surface area contributed by atoms with Crippen LogP contribution < -0.4 is 4.74 Å². The second-order valence-corrected chi connectivity index (χ2v) is 10.2. The Morgan fingerprint density at radius 1 is 1.23 bits per heavy atom. The second kappa shape index (κ2) is 8.34. The van der Waals surface area contributed by atoms with E-state index in [1.54, 1.807) is 25.1 Å². The summed E-state index contributed by atoms with van der Waals surface area (Å²) < 4.78 is 42.7. The molecule has 1 saturated heterocycles. The molecule has 1 N–H and O–H groups in total. The van der Waals surface area contributed by atoms with Gasteiger partial charge >= 0.3 is 0 Å². The van der Waals surface area contributed by atoms with Gasteiger partial charge < -0.3 is 14.6 Å². The van der Waals surface area contributed by atoms with Gasteiger partial charge in [-0.2, -0.15) is 0 Å². The van der Waals surface area contributed by atoms with Gasteiger partial charge in [-0.05, 0) is 66.4 Å². The maximum Gasteiger partial charge on any atom is 0.222 e. The summed E-state index contributed by atoms with van der Waals surface area (Å²) in [5.74, 6) is 0.418.